The highest BCUT2D eigenvalue weighted by molar-refractivity contribution is 6.30. The Bertz CT molecular complexity index is 1310. The third-order valence-electron chi connectivity index (χ3n) is 5.68. The summed E-state index contributed by atoms with van der Waals surface area (Å²) in [5.74, 6) is 2.50. The first-order chi connectivity index (χ1) is 17.5. The van der Waals surface area contributed by atoms with E-state index in [1.165, 1.54) is 21.3 Å². The van der Waals surface area contributed by atoms with Crippen molar-refractivity contribution in [3.05, 3.63) is 77.1 Å². The molecule has 0 saturated carbocycles. The molecule has 188 valence electrons. The Kier molecular flexibility index (Phi) is 8.17. The molecule has 0 fully saturated rings. The summed E-state index contributed by atoms with van der Waals surface area (Å²) in [6.45, 7) is 1.47. The molecule has 1 N–H and O–H groups in total. The van der Waals surface area contributed by atoms with Crippen molar-refractivity contribution in [1.82, 2.24) is 14.9 Å². The fraction of sp³-hybridized carbons (Fsp3) is 0.259. The van der Waals surface area contributed by atoms with E-state index in [-0.39, 0.29) is 12.5 Å². The molecule has 0 aliphatic heterocycles. The number of fused-ring (bicyclic) bond motifs is 1. The van der Waals surface area contributed by atoms with E-state index in [1.807, 2.05) is 36.4 Å². The predicted molar refractivity (Wildman–Crippen MR) is 139 cm³/mol. The Morgan fingerprint density at radius 3 is 2.33 bits per heavy atom. The van der Waals surface area contributed by atoms with Gasteiger partial charge in [0.15, 0.2) is 11.5 Å². The van der Waals surface area contributed by atoms with Crippen LogP contribution in [-0.2, 0) is 13.1 Å². The molecule has 0 unspecified atom stereocenters. The quantitative estimate of drug-likeness (QED) is 0.283. The number of carbonyl (C=O) groups is 1. The minimum absolute atomic E-state index is 0.252. The first-order valence-electron chi connectivity index (χ1n) is 11.4. The lowest BCUT2D eigenvalue weighted by Crippen LogP contribution is -2.25. The van der Waals surface area contributed by atoms with Crippen LogP contribution in [0.15, 0.2) is 60.7 Å². The summed E-state index contributed by atoms with van der Waals surface area (Å²) in [5.41, 5.74) is 2.26. The number of methoxy groups -OCH3 is 3. The number of imidazole rings is 1. The smallest absolute Gasteiger partial charge is 0.251 e. The van der Waals surface area contributed by atoms with Crippen LogP contribution < -0.4 is 24.3 Å². The van der Waals surface area contributed by atoms with E-state index in [9.17, 15) is 4.79 Å². The van der Waals surface area contributed by atoms with E-state index in [4.69, 9.17) is 35.5 Å². The average molecular weight is 510 g/mol. The standard InChI is InChI=1S/C27H28ClN3O5/c1-33-23-15-18(16-24(34-2)26(23)35-3)27(32)29-17-25-30-21-7-4-5-8-22(21)31(25)13-6-14-36-20-11-9-19(28)10-12-20/h4-5,7-12,15-16H,6,13-14,17H2,1-3H3,(H,29,32). The molecular formula is C27H28ClN3O5. The molecule has 4 rings (SSSR count). The molecule has 3 aromatic carbocycles. The minimum atomic E-state index is -0.279. The molecule has 8 nitrogen and oxygen atoms in total. The number of hydrogen-bond donors (Lipinski definition) is 1. The van der Waals surface area contributed by atoms with Crippen molar-refractivity contribution in [2.75, 3.05) is 27.9 Å². The minimum Gasteiger partial charge on any atom is -0.494 e. The number of hydrogen-bond acceptors (Lipinski definition) is 6. The Balaban J connectivity index is 1.46. The van der Waals surface area contributed by atoms with Gasteiger partial charge in [-0.1, -0.05) is 23.7 Å². The SMILES string of the molecule is COc1cc(C(=O)NCc2nc3ccccc3n2CCCOc2ccc(Cl)cc2)cc(OC)c1OC. The number of aryl methyl sites for hydroxylation is 1. The van der Waals surface area contributed by atoms with Crippen LogP contribution in [0, 0.1) is 0 Å². The molecular weight excluding hydrogens is 482 g/mol. The molecule has 0 aliphatic carbocycles. The third kappa shape index (κ3) is 5.66. The van der Waals surface area contributed by atoms with Crippen LogP contribution in [0.2, 0.25) is 5.02 Å². The highest BCUT2D eigenvalue weighted by Crippen LogP contribution is 2.38. The van der Waals surface area contributed by atoms with Gasteiger partial charge >= 0.3 is 0 Å². The van der Waals surface area contributed by atoms with Crippen LogP contribution in [0.5, 0.6) is 23.0 Å². The summed E-state index contributed by atoms with van der Waals surface area (Å²) in [5, 5.41) is 3.63. The van der Waals surface area contributed by atoms with Crippen molar-refractivity contribution in [2.45, 2.75) is 19.5 Å². The van der Waals surface area contributed by atoms with Gasteiger partial charge in [-0.05, 0) is 55.0 Å². The van der Waals surface area contributed by atoms with Gasteiger partial charge in [-0.15, -0.1) is 0 Å². The van der Waals surface area contributed by atoms with Gasteiger partial charge in [0.1, 0.15) is 11.6 Å². The predicted octanol–water partition coefficient (Wildman–Crippen LogP) is 5.11. The molecule has 0 bridgehead atoms. The number of amides is 1. The van der Waals surface area contributed by atoms with Gasteiger partial charge in [0.2, 0.25) is 5.75 Å². The van der Waals surface area contributed by atoms with Gasteiger partial charge in [-0.3, -0.25) is 4.79 Å². The molecule has 1 amide bonds. The van der Waals surface area contributed by atoms with Crippen LogP contribution in [0.4, 0.5) is 0 Å². The molecule has 0 aliphatic rings. The molecule has 36 heavy (non-hydrogen) atoms. The number of nitrogens with zero attached hydrogens (tertiary/aromatic N) is 2. The fourth-order valence-corrected chi connectivity index (χ4v) is 4.05. The molecule has 1 aromatic heterocycles. The zero-order chi connectivity index (χ0) is 25.5. The summed E-state index contributed by atoms with van der Waals surface area (Å²) in [6.07, 6.45) is 0.761. The lowest BCUT2D eigenvalue weighted by atomic mass is 10.1. The van der Waals surface area contributed by atoms with E-state index in [1.54, 1.807) is 24.3 Å². The molecule has 4 aromatic rings. The zero-order valence-corrected chi connectivity index (χ0v) is 21.2. The number of carbonyl (C=O) groups excluding carboxylic acids is 1. The number of halogens is 1. The number of benzene rings is 3. The average Bonchev–Trinajstić information content (AvgIpc) is 3.27. The summed E-state index contributed by atoms with van der Waals surface area (Å²) >= 11 is 5.93. The summed E-state index contributed by atoms with van der Waals surface area (Å²) in [6, 6.07) is 18.4. The Morgan fingerprint density at radius 1 is 0.972 bits per heavy atom. The number of para-hydroxylation sites is 2. The first kappa shape index (κ1) is 25.2. The molecule has 0 atom stereocenters. The van der Waals surface area contributed by atoms with E-state index in [0.717, 1.165) is 29.0 Å². The van der Waals surface area contributed by atoms with Gasteiger partial charge in [0, 0.05) is 17.1 Å². The van der Waals surface area contributed by atoms with Crippen molar-refractivity contribution >= 4 is 28.5 Å². The van der Waals surface area contributed by atoms with Crippen LogP contribution >= 0.6 is 11.6 Å². The number of nitrogens with one attached hydrogen (secondary N) is 1. The molecule has 0 radical (unpaired) electrons. The highest BCUT2D eigenvalue weighted by Gasteiger charge is 2.18. The second-order valence-corrected chi connectivity index (χ2v) is 8.36. The van der Waals surface area contributed by atoms with Crippen LogP contribution in [0.3, 0.4) is 0 Å². The molecule has 0 saturated heterocycles. The maximum atomic E-state index is 13.0. The van der Waals surface area contributed by atoms with E-state index in [0.29, 0.717) is 41.0 Å². The Hall–Kier alpha value is -3.91. The normalized spacial score (nSPS) is 10.8. The maximum Gasteiger partial charge on any atom is 0.251 e. The van der Waals surface area contributed by atoms with Crippen molar-refractivity contribution in [3.63, 3.8) is 0 Å². The van der Waals surface area contributed by atoms with Crippen LogP contribution in [-0.4, -0.2) is 43.4 Å². The fourth-order valence-electron chi connectivity index (χ4n) is 3.93. The highest BCUT2D eigenvalue weighted by atomic mass is 35.5. The Morgan fingerprint density at radius 2 is 1.67 bits per heavy atom. The van der Waals surface area contributed by atoms with Gasteiger partial charge in [-0.25, -0.2) is 4.98 Å². The monoisotopic (exact) mass is 509 g/mol. The topological polar surface area (TPSA) is 83.8 Å². The van der Waals surface area contributed by atoms with Gasteiger partial charge in [0.25, 0.3) is 5.91 Å². The summed E-state index contributed by atoms with van der Waals surface area (Å²) in [4.78, 5) is 17.7. The van der Waals surface area contributed by atoms with Crippen LogP contribution in [0.25, 0.3) is 11.0 Å². The maximum absolute atomic E-state index is 13.0. The second kappa shape index (κ2) is 11.7. The van der Waals surface area contributed by atoms with Crippen LogP contribution in [0.1, 0.15) is 22.6 Å². The van der Waals surface area contributed by atoms with Crippen molar-refractivity contribution in [1.29, 1.82) is 0 Å². The van der Waals surface area contributed by atoms with E-state index < -0.39 is 0 Å². The van der Waals surface area contributed by atoms with Crippen molar-refractivity contribution < 1.29 is 23.7 Å². The largest absolute Gasteiger partial charge is 0.494 e. The van der Waals surface area contributed by atoms with Crippen molar-refractivity contribution in [3.8, 4) is 23.0 Å². The van der Waals surface area contributed by atoms with E-state index >= 15 is 0 Å². The van der Waals surface area contributed by atoms with Gasteiger partial charge < -0.3 is 28.8 Å². The van der Waals surface area contributed by atoms with Crippen molar-refractivity contribution in [2.24, 2.45) is 0 Å². The number of aromatic nitrogens is 2. The Labute approximate surface area is 214 Å². The molecule has 9 heteroatoms. The zero-order valence-electron chi connectivity index (χ0n) is 20.4. The number of ether oxygens (including phenoxy) is 4. The van der Waals surface area contributed by atoms with E-state index in [2.05, 4.69) is 9.88 Å². The molecule has 1 heterocycles. The first-order valence-corrected chi connectivity index (χ1v) is 11.8. The number of rotatable bonds is 11. The third-order valence-corrected chi connectivity index (χ3v) is 5.93. The van der Waals surface area contributed by atoms with Gasteiger partial charge in [-0.2, -0.15) is 0 Å². The molecule has 0 spiro atoms. The summed E-state index contributed by atoms with van der Waals surface area (Å²) in [7, 11) is 4.54. The lowest BCUT2D eigenvalue weighted by Gasteiger charge is -2.14. The lowest BCUT2D eigenvalue weighted by molar-refractivity contribution is 0.0948. The second-order valence-electron chi connectivity index (χ2n) is 7.92. The van der Waals surface area contributed by atoms with Gasteiger partial charge in [0.05, 0.1) is 45.5 Å². The summed E-state index contributed by atoms with van der Waals surface area (Å²) < 4.78 is 24.0.